The van der Waals surface area contributed by atoms with E-state index >= 15 is 0 Å². The van der Waals surface area contributed by atoms with Crippen LogP contribution in [0.3, 0.4) is 0 Å². The summed E-state index contributed by atoms with van der Waals surface area (Å²) in [4.78, 5) is 15.1. The van der Waals surface area contributed by atoms with Crippen molar-refractivity contribution in [3.63, 3.8) is 0 Å². The second kappa shape index (κ2) is 7.45. The van der Waals surface area contributed by atoms with Crippen molar-refractivity contribution in [3.05, 3.63) is 53.2 Å². The zero-order chi connectivity index (χ0) is 16.8. The Hall–Kier alpha value is -2.82. The van der Waals surface area contributed by atoms with Crippen molar-refractivity contribution in [1.82, 2.24) is 0 Å². The zero-order valence-corrected chi connectivity index (χ0v) is 13.8. The summed E-state index contributed by atoms with van der Waals surface area (Å²) in [6, 6.07) is 9.36. The average molecular weight is 313 g/mol. The van der Waals surface area contributed by atoms with E-state index in [1.165, 1.54) is 6.08 Å². The number of H-pyrrole nitrogens is 1. The largest absolute Gasteiger partial charge is 0.493 e. The van der Waals surface area contributed by atoms with Crippen LogP contribution in [0.1, 0.15) is 16.8 Å². The number of aryl methyl sites for hydroxylation is 2. The number of aromatic nitrogens is 1. The fourth-order valence-electron chi connectivity index (χ4n) is 2.27. The van der Waals surface area contributed by atoms with Gasteiger partial charge in [-0.25, -0.2) is 15.1 Å². The van der Waals surface area contributed by atoms with Gasteiger partial charge in [0.1, 0.15) is 0 Å². The van der Waals surface area contributed by atoms with Gasteiger partial charge >= 0.3 is 5.91 Å². The number of ether oxygens (including phenoxy) is 2. The number of rotatable bonds is 5. The standard InChI is InChI=1S/C18H20N2O3/c1-12-9-13(2)19-17(10-12)20-18(21)8-6-14-5-7-15(22-3)16(11-14)23-4/h5-11H,1-4H3,(H,19,20,21)/p+1. The molecule has 0 saturated heterocycles. The maximum absolute atomic E-state index is 12.0. The first-order valence-corrected chi connectivity index (χ1v) is 7.23. The predicted molar refractivity (Wildman–Crippen MR) is 89.7 cm³/mol. The molecule has 1 aromatic carbocycles. The molecule has 0 radical (unpaired) electrons. The Labute approximate surface area is 136 Å². The number of pyridine rings is 1. The van der Waals surface area contributed by atoms with Crippen LogP contribution in [-0.2, 0) is 4.79 Å². The maximum Gasteiger partial charge on any atom is 0.331 e. The predicted octanol–water partition coefficient (Wildman–Crippen LogP) is 2.79. The molecule has 0 unspecified atom stereocenters. The third kappa shape index (κ3) is 4.57. The van der Waals surface area contributed by atoms with Crippen LogP contribution in [-0.4, -0.2) is 20.1 Å². The molecule has 0 bridgehead atoms. The molecule has 0 aliphatic carbocycles. The Kier molecular flexibility index (Phi) is 5.36. The number of carbonyl (C=O) groups is 1. The highest BCUT2D eigenvalue weighted by Gasteiger charge is 2.08. The number of nitrogens with one attached hydrogen (secondary N) is 2. The number of hydrogen-bond acceptors (Lipinski definition) is 3. The summed E-state index contributed by atoms with van der Waals surface area (Å²) in [7, 11) is 3.16. The Morgan fingerprint density at radius 2 is 1.83 bits per heavy atom. The van der Waals surface area contributed by atoms with Gasteiger partial charge in [0.15, 0.2) is 11.5 Å². The van der Waals surface area contributed by atoms with Crippen LogP contribution in [0.5, 0.6) is 11.5 Å². The topological polar surface area (TPSA) is 61.7 Å². The van der Waals surface area contributed by atoms with Crippen molar-refractivity contribution in [1.29, 1.82) is 0 Å². The van der Waals surface area contributed by atoms with Gasteiger partial charge in [-0.15, -0.1) is 0 Å². The molecule has 0 spiro atoms. The normalized spacial score (nSPS) is 10.6. The summed E-state index contributed by atoms with van der Waals surface area (Å²) < 4.78 is 10.4. The van der Waals surface area contributed by atoms with Crippen molar-refractivity contribution < 1.29 is 19.3 Å². The molecule has 0 fully saturated rings. The molecular formula is C18H21N2O3+. The lowest BCUT2D eigenvalue weighted by Gasteiger charge is -2.07. The van der Waals surface area contributed by atoms with Crippen LogP contribution in [0.25, 0.3) is 6.08 Å². The smallest absolute Gasteiger partial charge is 0.331 e. The fraction of sp³-hybridized carbons (Fsp3) is 0.222. The number of anilines is 1. The minimum atomic E-state index is -0.207. The molecule has 2 N–H and O–H groups in total. The molecule has 5 heteroatoms. The Morgan fingerprint density at radius 3 is 2.48 bits per heavy atom. The Balaban J connectivity index is 2.09. The lowest BCUT2D eigenvalue weighted by atomic mass is 10.2. The third-order valence-electron chi connectivity index (χ3n) is 3.24. The van der Waals surface area contributed by atoms with Crippen molar-refractivity contribution in [3.8, 4) is 11.5 Å². The minimum absolute atomic E-state index is 0.207. The van der Waals surface area contributed by atoms with Gasteiger partial charge in [-0.2, -0.15) is 0 Å². The van der Waals surface area contributed by atoms with E-state index in [9.17, 15) is 4.79 Å². The minimum Gasteiger partial charge on any atom is -0.493 e. The van der Waals surface area contributed by atoms with Gasteiger partial charge in [-0.1, -0.05) is 6.07 Å². The summed E-state index contributed by atoms with van der Waals surface area (Å²) in [5.41, 5.74) is 2.92. The van der Waals surface area contributed by atoms with E-state index in [-0.39, 0.29) is 5.91 Å². The summed E-state index contributed by atoms with van der Waals surface area (Å²) in [6.07, 6.45) is 3.20. The lowest BCUT2D eigenvalue weighted by molar-refractivity contribution is -0.370. The molecule has 0 aliphatic heterocycles. The van der Waals surface area contributed by atoms with Gasteiger partial charge in [0.05, 0.1) is 19.9 Å². The van der Waals surface area contributed by atoms with Gasteiger partial charge in [-0.05, 0) is 49.2 Å². The molecule has 1 amide bonds. The molecule has 1 aromatic heterocycles. The van der Waals surface area contributed by atoms with E-state index in [4.69, 9.17) is 9.47 Å². The van der Waals surface area contributed by atoms with Gasteiger partial charge in [0, 0.05) is 12.1 Å². The van der Waals surface area contributed by atoms with Crippen LogP contribution >= 0.6 is 0 Å². The van der Waals surface area contributed by atoms with Crippen molar-refractivity contribution in [2.45, 2.75) is 13.8 Å². The van der Waals surface area contributed by atoms with E-state index in [2.05, 4.69) is 10.3 Å². The molecule has 0 saturated carbocycles. The Bertz CT molecular complexity index is 719. The van der Waals surface area contributed by atoms with Crippen LogP contribution in [0.15, 0.2) is 36.4 Å². The quantitative estimate of drug-likeness (QED) is 0.863. The number of carbonyl (C=O) groups excluding carboxylic acids is 1. The van der Waals surface area contributed by atoms with E-state index < -0.39 is 0 Å². The second-order valence-corrected chi connectivity index (χ2v) is 5.19. The molecular weight excluding hydrogens is 292 g/mol. The maximum atomic E-state index is 12.0. The second-order valence-electron chi connectivity index (χ2n) is 5.19. The first-order chi connectivity index (χ1) is 11.0. The van der Waals surface area contributed by atoms with Crippen LogP contribution < -0.4 is 19.8 Å². The van der Waals surface area contributed by atoms with E-state index in [0.717, 1.165) is 16.8 Å². The van der Waals surface area contributed by atoms with Gasteiger partial charge in [0.2, 0.25) is 0 Å². The molecule has 2 rings (SSSR count). The summed E-state index contributed by atoms with van der Waals surface area (Å²) in [5.74, 6) is 1.74. The number of benzene rings is 1. The molecule has 5 nitrogen and oxygen atoms in total. The van der Waals surface area contributed by atoms with Crippen LogP contribution in [0, 0.1) is 13.8 Å². The van der Waals surface area contributed by atoms with E-state index in [0.29, 0.717) is 17.3 Å². The molecule has 23 heavy (non-hydrogen) atoms. The van der Waals surface area contributed by atoms with Gasteiger partial charge in [0.25, 0.3) is 5.82 Å². The van der Waals surface area contributed by atoms with Gasteiger partial charge in [-0.3, -0.25) is 0 Å². The highest BCUT2D eigenvalue weighted by atomic mass is 16.5. The SMILES string of the molecule is COc1ccc(C=CC(=O)Nc2cc(C)cc(C)[nH+]2)cc1OC. The number of amides is 1. The highest BCUT2D eigenvalue weighted by Crippen LogP contribution is 2.27. The molecule has 0 aliphatic rings. The number of hydrogen-bond donors (Lipinski definition) is 1. The molecule has 0 atom stereocenters. The average Bonchev–Trinajstić information content (AvgIpc) is 2.51. The Morgan fingerprint density at radius 1 is 1.09 bits per heavy atom. The summed E-state index contributed by atoms with van der Waals surface area (Å²) in [6.45, 7) is 3.93. The van der Waals surface area contributed by atoms with Crippen LogP contribution in [0.2, 0.25) is 0 Å². The van der Waals surface area contributed by atoms with E-state index in [1.807, 2.05) is 38.1 Å². The van der Waals surface area contributed by atoms with Crippen LogP contribution in [0.4, 0.5) is 5.82 Å². The highest BCUT2D eigenvalue weighted by molar-refractivity contribution is 6.01. The van der Waals surface area contributed by atoms with Crippen molar-refractivity contribution in [2.75, 3.05) is 19.5 Å². The number of aromatic amines is 1. The first-order valence-electron chi connectivity index (χ1n) is 7.23. The third-order valence-corrected chi connectivity index (χ3v) is 3.24. The van der Waals surface area contributed by atoms with E-state index in [1.54, 1.807) is 26.4 Å². The lowest BCUT2D eigenvalue weighted by Crippen LogP contribution is -2.19. The van der Waals surface area contributed by atoms with Gasteiger partial charge < -0.3 is 9.47 Å². The first kappa shape index (κ1) is 16.5. The summed E-state index contributed by atoms with van der Waals surface area (Å²) in [5, 5.41) is 2.81. The molecule has 2 aromatic rings. The summed E-state index contributed by atoms with van der Waals surface area (Å²) >= 11 is 0. The zero-order valence-electron chi connectivity index (χ0n) is 13.8. The fourth-order valence-corrected chi connectivity index (χ4v) is 2.27. The monoisotopic (exact) mass is 313 g/mol. The number of methoxy groups -OCH3 is 2. The molecule has 1 heterocycles. The van der Waals surface area contributed by atoms with Crippen molar-refractivity contribution >= 4 is 17.8 Å². The van der Waals surface area contributed by atoms with Crippen molar-refractivity contribution in [2.24, 2.45) is 0 Å². The molecule has 120 valence electrons.